The molecule has 7 rings (SSSR count). The van der Waals surface area contributed by atoms with Gasteiger partial charge in [0, 0.05) is 122 Å². The fourth-order valence-electron chi connectivity index (χ4n) is 16.0. The Morgan fingerprint density at radius 2 is 1.35 bits per heavy atom. The number of pyridine rings is 1. The van der Waals surface area contributed by atoms with Gasteiger partial charge in [-0.05, 0) is 130 Å². The van der Waals surface area contributed by atoms with Crippen molar-refractivity contribution in [3.8, 4) is 5.75 Å². The highest BCUT2D eigenvalue weighted by atomic mass is 16.6. The van der Waals surface area contributed by atoms with Crippen molar-refractivity contribution in [3.63, 3.8) is 0 Å². The Balaban J connectivity index is 0.837. The second kappa shape index (κ2) is 50.7. The van der Waals surface area contributed by atoms with E-state index in [9.17, 15) is 63.0 Å². The predicted molar refractivity (Wildman–Crippen MR) is 474 cm³/mol. The first kappa shape index (κ1) is 102. The second-order valence-electron chi connectivity index (χ2n) is 33.6. The Labute approximate surface area is 735 Å². The van der Waals surface area contributed by atoms with Crippen molar-refractivity contribution in [1.29, 1.82) is 0 Å². The number of aromatic hydroxyl groups is 1. The zero-order chi connectivity index (χ0) is 91.7. The van der Waals surface area contributed by atoms with Crippen LogP contribution in [-0.2, 0) is 81.7 Å². The largest absolute Gasteiger partial charge is 0.507 e. The van der Waals surface area contributed by atoms with Crippen molar-refractivity contribution in [2.75, 3.05) is 112 Å². The number of aryl methyl sites for hydroxylation is 1. The summed E-state index contributed by atoms with van der Waals surface area (Å²) in [6, 6.07) is 18.4. The zero-order valence-electron chi connectivity index (χ0n) is 75.7. The number of carbonyl (C=O) groups is 11. The summed E-state index contributed by atoms with van der Waals surface area (Å²) in [6.07, 6.45) is 2.50. The lowest BCUT2D eigenvalue weighted by Crippen LogP contribution is -2.60. The lowest BCUT2D eigenvalue weighted by molar-refractivity contribution is -0.148. The lowest BCUT2D eigenvalue weighted by atomic mass is 9.89. The van der Waals surface area contributed by atoms with Gasteiger partial charge in [0.2, 0.25) is 47.3 Å². The number of rotatable bonds is 50. The van der Waals surface area contributed by atoms with Gasteiger partial charge in [-0.2, -0.15) is 0 Å². The average Bonchev–Trinajstić information content (AvgIpc) is 1.78. The highest BCUT2D eigenvalue weighted by Crippen LogP contribution is 2.32. The number of nitrogens with two attached hydrogens (primary N) is 1. The van der Waals surface area contributed by atoms with Crippen molar-refractivity contribution in [3.05, 3.63) is 120 Å². The van der Waals surface area contributed by atoms with Crippen molar-refractivity contribution in [2.24, 2.45) is 35.3 Å². The van der Waals surface area contributed by atoms with E-state index in [-0.39, 0.29) is 93.0 Å². The van der Waals surface area contributed by atoms with E-state index in [4.69, 9.17) is 29.4 Å². The second-order valence-corrected chi connectivity index (χ2v) is 33.6. The van der Waals surface area contributed by atoms with Crippen LogP contribution in [0.2, 0.25) is 0 Å². The number of likely N-dealkylation sites (tertiary alicyclic amines) is 2. The van der Waals surface area contributed by atoms with E-state index in [0.717, 1.165) is 34.5 Å². The molecular weight excluding hydrogens is 1610 g/mol. The van der Waals surface area contributed by atoms with E-state index in [0.29, 0.717) is 95.0 Å². The molecule has 5 aromatic rings. The van der Waals surface area contributed by atoms with Crippen molar-refractivity contribution in [1.82, 2.24) is 71.5 Å². The molecule has 0 spiro atoms. The number of aliphatic hydroxyl groups excluding tert-OH is 1. The summed E-state index contributed by atoms with van der Waals surface area (Å²) in [6.45, 7) is 22.4. The molecule has 0 saturated carbocycles. The Hall–Kier alpha value is -10.4. The lowest BCUT2D eigenvalue weighted by Gasteiger charge is -2.41. The van der Waals surface area contributed by atoms with E-state index in [1.54, 1.807) is 115 Å². The Morgan fingerprint density at radius 3 is 1.98 bits per heavy atom. The van der Waals surface area contributed by atoms with Crippen LogP contribution in [0.3, 0.4) is 0 Å². The molecule has 690 valence electrons. The number of hydrazine groups is 1. The summed E-state index contributed by atoms with van der Waals surface area (Å²) in [5.74, 6) is -6.95. The van der Waals surface area contributed by atoms with Crippen LogP contribution in [0.15, 0.2) is 97.2 Å². The molecule has 2 aliphatic rings. The number of benzene rings is 3. The van der Waals surface area contributed by atoms with Gasteiger partial charge in [0.25, 0.3) is 5.91 Å². The Kier molecular flexibility index (Phi) is 41.2. The number of likely N-dealkylation sites (N-methyl/N-ethyl adjacent to an activating group) is 2. The summed E-state index contributed by atoms with van der Waals surface area (Å²) in [4.78, 5) is 162. The standard InChI is InChI=1S/C90H137N17O18/c1-17-58(8)79(72(121-15)52-75(111)107-42-23-28-70(107)81(122-16)59(9)83(113)96-60(10)80(112)62-24-19-18-20-25-62)103(13)88(118)77(56(4)5)101-87(117)78(57(6)7)104(14)90(120)125-54-61-29-31-65(32-30-61)98-85(115)69(27-22-40-95-89(91)119)99-86(116)76(55(2)3)100-84(114)68-34-33-66(51-71(68)108)97-73(109)38-46-123-48-49-124-47-41-93-64-35-43-105(44-36-64)74(110)37-45-106-67(53-102(12)92-11)50-63-26-21-39-94-82(63)106/h18-21,24-26,29-34,39,50-51,55-60,64,69-70,72,76-81,92-93,108,112H,17,22-23,27-28,35-38,40-49,52-54H2,1-16H3,(H,96,113)(H,97,109)(H,98,115)(H,99,116)(H,100,114)(H,101,117)(H3,91,95,119)/t58-,59+,60+,69-,70-,72+,76-,77-,78-,79-,80+,81+/m0/s1. The third-order valence-corrected chi connectivity index (χ3v) is 23.5. The normalized spacial score (nSPS) is 16.4. The maximum atomic E-state index is 14.9. The number of urea groups is 1. The maximum absolute atomic E-state index is 14.9. The molecule has 2 saturated heterocycles. The molecule has 0 aliphatic carbocycles. The van der Waals surface area contributed by atoms with Gasteiger partial charge in [-0.3, -0.25) is 53.5 Å². The van der Waals surface area contributed by atoms with Crippen LogP contribution in [0.4, 0.5) is 21.0 Å². The number of nitrogens with one attached hydrogen (secondary N) is 9. The summed E-state index contributed by atoms with van der Waals surface area (Å²) in [7, 11) is 9.90. The fraction of sp³-hybridized carbons (Fsp3) is 0.600. The number of phenols is 1. The Bertz CT molecular complexity index is 4320. The quantitative estimate of drug-likeness (QED) is 0.0145. The molecule has 12 amide bonds. The number of ether oxygens (including phenoxy) is 5. The van der Waals surface area contributed by atoms with Crippen molar-refractivity contribution >= 4 is 87.7 Å². The van der Waals surface area contributed by atoms with E-state index in [1.807, 2.05) is 68.2 Å². The number of aromatic nitrogens is 2. The summed E-state index contributed by atoms with van der Waals surface area (Å²) in [5.41, 5.74) is 11.8. The number of fused-ring (bicyclic) bond motifs is 1. The van der Waals surface area contributed by atoms with Gasteiger partial charge in [0.15, 0.2) is 0 Å². The molecule has 125 heavy (non-hydrogen) atoms. The van der Waals surface area contributed by atoms with E-state index < -0.39 is 138 Å². The van der Waals surface area contributed by atoms with Gasteiger partial charge in [0.05, 0.1) is 93.7 Å². The number of hydrogen-bond acceptors (Lipinski definition) is 22. The first-order valence-electron chi connectivity index (χ1n) is 43.6. The third kappa shape index (κ3) is 30.2. The molecule has 35 nitrogen and oxygen atoms in total. The highest BCUT2D eigenvalue weighted by Gasteiger charge is 2.45. The van der Waals surface area contributed by atoms with E-state index >= 15 is 0 Å². The minimum Gasteiger partial charge on any atom is -0.507 e. The van der Waals surface area contributed by atoms with Gasteiger partial charge in [-0.1, -0.05) is 111 Å². The third-order valence-electron chi connectivity index (χ3n) is 23.5. The Morgan fingerprint density at radius 1 is 0.672 bits per heavy atom. The number of amides is 12. The number of aliphatic hydroxyl groups is 1. The SMILES string of the molecule is CC[C@H](C)[C@@H]([C@@H](CC(=O)N1CCC[C@H]1[C@H](OC)[C@@H](C)C(=O)N[C@H](C)[C@@H](O)c1ccccc1)OC)N(C)C(=O)[C@@H](NC(=O)[C@H](C(C)C)N(C)C(=O)OCc1ccc(NC(=O)[C@H](CCCNC(N)=O)NC(=O)[C@@H](NC(=O)c2ccc(NC(=O)CCOCCOCCNC3CCN(C(=O)CCn4c(CN(C)NC)cc5cccnc54)CC3)cc2O)C(C)C)cc1)C(C)C. The number of nitrogens with zero attached hydrogens (tertiary/aromatic N) is 7. The number of phenolic OH excluding ortho intramolecular Hbond substituents is 1. The molecule has 2 fully saturated rings. The molecular formula is C90H137N17O18. The summed E-state index contributed by atoms with van der Waals surface area (Å²) in [5, 5.41) is 47.8. The van der Waals surface area contributed by atoms with Gasteiger partial charge in [-0.15, -0.1) is 0 Å². The highest BCUT2D eigenvalue weighted by molar-refractivity contribution is 6.02. The fourth-order valence-corrected chi connectivity index (χ4v) is 16.0. The molecule has 2 aromatic heterocycles. The molecule has 13 N–H and O–H groups in total. The minimum atomic E-state index is -1.23. The maximum Gasteiger partial charge on any atom is 0.410 e. The number of methoxy groups -OCH3 is 2. The number of primary amides is 1. The molecule has 2 aliphatic heterocycles. The molecule has 3 aromatic carbocycles. The smallest absolute Gasteiger partial charge is 0.410 e. The van der Waals surface area contributed by atoms with E-state index in [1.165, 1.54) is 39.5 Å². The van der Waals surface area contributed by atoms with Gasteiger partial charge >= 0.3 is 12.1 Å². The monoisotopic (exact) mass is 1740 g/mol. The predicted octanol–water partition coefficient (Wildman–Crippen LogP) is 6.56. The summed E-state index contributed by atoms with van der Waals surface area (Å²) < 4.78 is 31.3. The van der Waals surface area contributed by atoms with Crippen LogP contribution >= 0.6 is 0 Å². The minimum absolute atomic E-state index is 0.00925. The topological polar surface area (TPSA) is 443 Å². The number of piperidine rings is 1. The van der Waals surface area contributed by atoms with Gasteiger partial charge in [-0.25, -0.2) is 19.6 Å². The van der Waals surface area contributed by atoms with Gasteiger partial charge in [0.1, 0.15) is 42.2 Å². The number of carbonyl (C=O) groups excluding carboxylic acids is 11. The van der Waals surface area contributed by atoms with E-state index in [2.05, 4.69) is 63.6 Å². The van der Waals surface area contributed by atoms with Crippen LogP contribution in [0, 0.1) is 29.6 Å². The van der Waals surface area contributed by atoms with Crippen molar-refractivity contribution < 1.29 is 86.6 Å². The number of hydrogen-bond donors (Lipinski definition) is 12. The van der Waals surface area contributed by atoms with Crippen LogP contribution in [-0.4, -0.2) is 272 Å². The molecule has 0 unspecified atom stereocenters. The van der Waals surface area contributed by atoms with Crippen LogP contribution < -0.4 is 53.7 Å². The van der Waals surface area contributed by atoms with Crippen LogP contribution in [0.25, 0.3) is 11.0 Å². The van der Waals surface area contributed by atoms with Crippen LogP contribution in [0.5, 0.6) is 5.75 Å². The first-order chi connectivity index (χ1) is 59.6. The van der Waals surface area contributed by atoms with Gasteiger partial charge < -0.3 is 101 Å². The average molecular weight is 1750 g/mol. The molecule has 12 atom stereocenters. The zero-order valence-corrected chi connectivity index (χ0v) is 75.7. The summed E-state index contributed by atoms with van der Waals surface area (Å²) >= 11 is 0. The first-order valence-corrected chi connectivity index (χ1v) is 43.6. The van der Waals surface area contributed by atoms with Crippen molar-refractivity contribution in [2.45, 2.75) is 220 Å². The molecule has 4 heterocycles. The molecule has 0 bridgehead atoms. The number of anilines is 2. The van der Waals surface area contributed by atoms with Crippen LogP contribution in [0.1, 0.15) is 167 Å². The molecule has 35 heteroatoms. The molecule has 0 radical (unpaired) electrons.